The van der Waals surface area contributed by atoms with Gasteiger partial charge in [-0.2, -0.15) is 13.2 Å². The molecule has 1 heterocycles. The first-order valence-corrected chi connectivity index (χ1v) is 11.2. The normalized spacial score (nSPS) is 16.6. The minimum Gasteiger partial charge on any atom is -0.385 e. The quantitative estimate of drug-likeness (QED) is 0.179. The van der Waals surface area contributed by atoms with Gasteiger partial charge in [0.05, 0.1) is 11.7 Å². The number of ether oxygens (including phenoxy) is 2. The molecule has 1 aliphatic rings. The summed E-state index contributed by atoms with van der Waals surface area (Å²) >= 11 is 0. The summed E-state index contributed by atoms with van der Waals surface area (Å²) < 4.78 is 49.8. The number of likely N-dealkylation sites (tertiary alicyclic amines) is 1. The third kappa shape index (κ3) is 9.82. The smallest absolute Gasteiger partial charge is 0.385 e. The molecule has 32 heavy (non-hydrogen) atoms. The van der Waals surface area contributed by atoms with Gasteiger partial charge in [0, 0.05) is 46.5 Å². The molecule has 0 aromatic heterocycles. The highest BCUT2D eigenvalue weighted by Crippen LogP contribution is 2.31. The molecule has 5 nitrogen and oxygen atoms in total. The summed E-state index contributed by atoms with van der Waals surface area (Å²) in [7, 11) is 1.69. The summed E-state index contributed by atoms with van der Waals surface area (Å²) in [5.74, 6) is 0.872. The van der Waals surface area contributed by atoms with Crippen LogP contribution in [0.25, 0.3) is 0 Å². The lowest BCUT2D eigenvalue weighted by atomic mass is 9.96. The van der Waals surface area contributed by atoms with Crippen molar-refractivity contribution in [2.75, 3.05) is 46.5 Å². The van der Waals surface area contributed by atoms with Crippen LogP contribution in [-0.2, 0) is 15.7 Å². The van der Waals surface area contributed by atoms with Crippen LogP contribution in [0.5, 0.6) is 0 Å². The summed E-state index contributed by atoms with van der Waals surface area (Å²) in [4.78, 5) is 6.98. The predicted octanol–water partition coefficient (Wildman–Crippen LogP) is 5.30. The highest BCUT2D eigenvalue weighted by Gasteiger charge is 2.30. The summed E-state index contributed by atoms with van der Waals surface area (Å²) in [5, 5.41) is 3.34. The highest BCUT2D eigenvalue weighted by molar-refractivity contribution is 14.0. The Morgan fingerprint density at radius 3 is 2.59 bits per heavy atom. The minimum atomic E-state index is -4.31. The van der Waals surface area contributed by atoms with Crippen LogP contribution in [0.15, 0.2) is 29.3 Å². The molecule has 0 aliphatic carbocycles. The first-order valence-electron chi connectivity index (χ1n) is 11.2. The third-order valence-electron chi connectivity index (χ3n) is 5.53. The molecule has 1 saturated heterocycles. The highest BCUT2D eigenvalue weighted by atomic mass is 127. The van der Waals surface area contributed by atoms with Crippen molar-refractivity contribution in [1.82, 2.24) is 10.2 Å². The Morgan fingerprint density at radius 2 is 1.97 bits per heavy atom. The second-order valence-corrected chi connectivity index (χ2v) is 7.95. The summed E-state index contributed by atoms with van der Waals surface area (Å²) in [6.45, 7) is 8.52. The Morgan fingerprint density at radius 1 is 1.25 bits per heavy atom. The Bertz CT molecular complexity index is 681. The number of hydrogen-bond acceptors (Lipinski definition) is 3. The molecule has 1 unspecified atom stereocenters. The van der Waals surface area contributed by atoms with E-state index in [0.29, 0.717) is 18.5 Å². The van der Waals surface area contributed by atoms with Crippen molar-refractivity contribution >= 4 is 29.9 Å². The lowest BCUT2D eigenvalue weighted by Gasteiger charge is -2.34. The van der Waals surface area contributed by atoms with Crippen LogP contribution in [0.3, 0.4) is 0 Å². The number of halogens is 4. The van der Waals surface area contributed by atoms with E-state index < -0.39 is 11.7 Å². The maximum atomic E-state index is 13.0. The Balaban J connectivity index is 0.00000512. The molecule has 0 saturated carbocycles. The molecule has 0 radical (unpaired) electrons. The van der Waals surface area contributed by atoms with Crippen molar-refractivity contribution in [3.63, 3.8) is 0 Å². The molecule has 1 atom stereocenters. The van der Waals surface area contributed by atoms with Gasteiger partial charge in [0.15, 0.2) is 5.96 Å². The molecule has 0 bridgehead atoms. The number of guanidine groups is 1. The zero-order chi connectivity index (χ0) is 22.7. The van der Waals surface area contributed by atoms with Gasteiger partial charge in [-0.15, -0.1) is 24.0 Å². The van der Waals surface area contributed by atoms with Crippen molar-refractivity contribution in [1.29, 1.82) is 0 Å². The molecule has 9 heteroatoms. The van der Waals surface area contributed by atoms with E-state index in [1.807, 2.05) is 13.8 Å². The first kappa shape index (κ1) is 29.0. The number of rotatable bonds is 10. The summed E-state index contributed by atoms with van der Waals surface area (Å²) in [5.41, 5.74) is 0.0995. The topological polar surface area (TPSA) is 46.1 Å². The van der Waals surface area contributed by atoms with Crippen LogP contribution >= 0.6 is 24.0 Å². The fourth-order valence-corrected chi connectivity index (χ4v) is 3.67. The molecule has 1 aromatic carbocycles. The molecule has 0 amide bonds. The average molecular weight is 571 g/mol. The Hall–Kier alpha value is -1.07. The third-order valence-corrected chi connectivity index (χ3v) is 5.53. The van der Waals surface area contributed by atoms with Crippen molar-refractivity contribution in [2.45, 2.75) is 57.7 Å². The van der Waals surface area contributed by atoms with Gasteiger partial charge in [0.2, 0.25) is 0 Å². The van der Waals surface area contributed by atoms with E-state index in [1.54, 1.807) is 13.2 Å². The zero-order valence-electron chi connectivity index (χ0n) is 19.3. The van der Waals surface area contributed by atoms with E-state index >= 15 is 0 Å². The van der Waals surface area contributed by atoms with Crippen molar-refractivity contribution in [3.05, 3.63) is 35.4 Å². The molecular formula is C23H37F3IN3O2. The van der Waals surface area contributed by atoms with Crippen molar-refractivity contribution in [2.24, 2.45) is 4.99 Å². The zero-order valence-corrected chi connectivity index (χ0v) is 21.6. The van der Waals surface area contributed by atoms with Crippen LogP contribution in [0.2, 0.25) is 0 Å². The van der Waals surface area contributed by atoms with Crippen molar-refractivity contribution < 1.29 is 22.6 Å². The maximum absolute atomic E-state index is 13.0. The van der Waals surface area contributed by atoms with Gasteiger partial charge >= 0.3 is 6.18 Å². The predicted molar refractivity (Wildman–Crippen MR) is 133 cm³/mol. The van der Waals surface area contributed by atoms with E-state index in [9.17, 15) is 13.2 Å². The Labute approximate surface area is 207 Å². The first-order chi connectivity index (χ1) is 14.8. The van der Waals surface area contributed by atoms with E-state index in [2.05, 4.69) is 10.2 Å². The van der Waals surface area contributed by atoms with Crippen LogP contribution in [0.4, 0.5) is 13.2 Å². The number of alkyl halides is 3. The van der Waals surface area contributed by atoms with Crippen molar-refractivity contribution in [3.8, 4) is 0 Å². The van der Waals surface area contributed by atoms with Gasteiger partial charge in [-0.05, 0) is 50.2 Å². The molecule has 0 spiro atoms. The monoisotopic (exact) mass is 571 g/mol. The van der Waals surface area contributed by atoms with Crippen LogP contribution in [0, 0.1) is 0 Å². The molecule has 1 fully saturated rings. The standard InChI is InChI=1S/C23H36F3N3O2.HI/c1-4-27-22(29-13-10-21(11-14-29)31-16-6-15-30-3)28-12-9-18(2)19-7-5-8-20(17-19)23(24,25)26;/h5,7-8,17-18,21H,4,6,9-16H2,1-3H3,(H,27,28);1H. The van der Waals surface area contributed by atoms with Gasteiger partial charge in [0.25, 0.3) is 0 Å². The van der Waals surface area contributed by atoms with E-state index in [-0.39, 0.29) is 36.0 Å². The molecule has 1 aliphatic heterocycles. The van der Waals surface area contributed by atoms with E-state index in [4.69, 9.17) is 14.5 Å². The van der Waals surface area contributed by atoms with E-state index in [1.165, 1.54) is 12.1 Å². The SMILES string of the molecule is CCNC(=NCCC(C)c1cccc(C(F)(F)F)c1)N1CCC(OCCCOC)CC1.I. The molecule has 184 valence electrons. The number of aliphatic imine (C=N–C) groups is 1. The molecule has 2 rings (SSSR count). The molecular weight excluding hydrogens is 534 g/mol. The number of benzene rings is 1. The fourth-order valence-electron chi connectivity index (χ4n) is 3.67. The summed E-state index contributed by atoms with van der Waals surface area (Å²) in [6.07, 6.45) is -0.529. The molecule has 1 N–H and O–H groups in total. The van der Waals surface area contributed by atoms with Crippen LogP contribution in [0.1, 0.15) is 56.6 Å². The van der Waals surface area contributed by atoms with Gasteiger partial charge in [0.1, 0.15) is 0 Å². The average Bonchev–Trinajstić information content (AvgIpc) is 2.76. The number of nitrogens with one attached hydrogen (secondary N) is 1. The number of nitrogens with zero attached hydrogens (tertiary/aromatic N) is 2. The largest absolute Gasteiger partial charge is 0.416 e. The number of hydrogen-bond donors (Lipinski definition) is 1. The van der Waals surface area contributed by atoms with E-state index in [0.717, 1.165) is 64.1 Å². The maximum Gasteiger partial charge on any atom is 0.416 e. The Kier molecular flexibility index (Phi) is 13.5. The van der Waals surface area contributed by atoms with Crippen LogP contribution in [-0.4, -0.2) is 63.5 Å². The minimum absolute atomic E-state index is 0. The van der Waals surface area contributed by atoms with Gasteiger partial charge in [-0.1, -0.05) is 25.1 Å². The number of methoxy groups -OCH3 is 1. The lowest BCUT2D eigenvalue weighted by molar-refractivity contribution is -0.137. The second-order valence-electron chi connectivity index (χ2n) is 7.95. The second kappa shape index (κ2) is 15.0. The van der Waals surface area contributed by atoms with Gasteiger partial charge in [-0.3, -0.25) is 4.99 Å². The molecule has 1 aromatic rings. The van der Waals surface area contributed by atoms with Gasteiger partial charge in [-0.25, -0.2) is 0 Å². The lowest BCUT2D eigenvalue weighted by Crippen LogP contribution is -2.47. The summed E-state index contributed by atoms with van der Waals surface area (Å²) in [6, 6.07) is 5.59. The van der Waals surface area contributed by atoms with Crippen LogP contribution < -0.4 is 5.32 Å². The number of piperidine rings is 1. The van der Waals surface area contributed by atoms with Gasteiger partial charge < -0.3 is 19.7 Å². The fraction of sp³-hybridized carbons (Fsp3) is 0.696.